The van der Waals surface area contributed by atoms with Crippen molar-refractivity contribution in [2.24, 2.45) is 5.73 Å². The molecule has 5 nitrogen and oxygen atoms in total. The molecular weight excluding hydrogens is 331 g/mol. The molecule has 10 heteroatoms. The second kappa shape index (κ2) is 7.00. The van der Waals surface area contributed by atoms with Gasteiger partial charge in [-0.3, -0.25) is 4.72 Å². The van der Waals surface area contributed by atoms with Gasteiger partial charge < -0.3 is 5.73 Å². The van der Waals surface area contributed by atoms with Gasteiger partial charge in [0, 0.05) is 10.6 Å². The Morgan fingerprint density at radius 1 is 1.33 bits per heavy atom. The molecule has 0 unspecified atom stereocenters. The number of nitrogens with one attached hydrogen (secondary N) is 2. The van der Waals surface area contributed by atoms with Crippen LogP contribution in [-0.2, 0) is 10.2 Å². The molecule has 0 aromatic heterocycles. The van der Waals surface area contributed by atoms with Crippen molar-refractivity contribution in [2.45, 2.75) is 6.18 Å². The summed E-state index contributed by atoms with van der Waals surface area (Å²) in [6.07, 6.45) is -4.66. The largest absolute Gasteiger partial charge is 0.402 e. The van der Waals surface area contributed by atoms with Crippen molar-refractivity contribution >= 4 is 27.5 Å². The van der Waals surface area contributed by atoms with Gasteiger partial charge in [0.05, 0.1) is 12.2 Å². The van der Waals surface area contributed by atoms with Crippen LogP contribution in [-0.4, -0.2) is 27.7 Å². The van der Waals surface area contributed by atoms with Crippen LogP contribution < -0.4 is 15.2 Å². The lowest BCUT2D eigenvalue weighted by atomic mass is 10.2. The second-order valence-electron chi connectivity index (χ2n) is 3.74. The molecule has 0 fully saturated rings. The number of hydrogen-bond donors (Lipinski definition) is 3. The average Bonchev–Trinajstić information content (AvgIpc) is 2.34. The zero-order valence-corrected chi connectivity index (χ0v) is 12.0. The van der Waals surface area contributed by atoms with Gasteiger partial charge in [-0.1, -0.05) is 23.4 Å². The highest BCUT2D eigenvalue weighted by atomic mass is 35.5. The monoisotopic (exact) mass is 341 g/mol. The van der Waals surface area contributed by atoms with Crippen molar-refractivity contribution < 1.29 is 21.6 Å². The van der Waals surface area contributed by atoms with Crippen LogP contribution in [0.5, 0.6) is 0 Å². The normalized spacial score (nSPS) is 11.7. The highest BCUT2D eigenvalue weighted by Gasteiger charge is 2.29. The predicted octanol–water partition coefficient (Wildman–Crippen LogP) is 1.46. The smallest absolute Gasteiger partial charge is 0.320 e. The zero-order chi connectivity index (χ0) is 16.1. The lowest BCUT2D eigenvalue weighted by Crippen LogP contribution is -2.37. The molecule has 0 spiro atoms. The van der Waals surface area contributed by atoms with E-state index in [1.54, 1.807) is 0 Å². The van der Waals surface area contributed by atoms with Crippen LogP contribution in [0.4, 0.5) is 18.9 Å². The summed E-state index contributed by atoms with van der Waals surface area (Å²) in [4.78, 5) is 0. The quantitative estimate of drug-likeness (QED) is 0.725. The van der Waals surface area contributed by atoms with Gasteiger partial charge in [-0.05, 0) is 18.2 Å². The van der Waals surface area contributed by atoms with Gasteiger partial charge in [-0.25, -0.2) is 0 Å². The maximum atomic E-state index is 12.0. The van der Waals surface area contributed by atoms with E-state index in [-0.39, 0.29) is 22.8 Å². The third-order valence-corrected chi connectivity index (χ3v) is 3.26. The molecule has 0 amide bonds. The summed E-state index contributed by atoms with van der Waals surface area (Å²) in [6.45, 7) is -1.64. The number of nitrogens with two attached hydrogens (primary N) is 1. The van der Waals surface area contributed by atoms with Crippen molar-refractivity contribution in [1.29, 1.82) is 0 Å². The second-order valence-corrected chi connectivity index (χ2v) is 5.67. The number of anilines is 1. The highest BCUT2D eigenvalue weighted by Crippen LogP contribution is 2.21. The summed E-state index contributed by atoms with van der Waals surface area (Å²) in [5.74, 6) is 5.09. The lowest BCUT2D eigenvalue weighted by molar-refractivity contribution is -0.121. The van der Waals surface area contributed by atoms with E-state index in [0.717, 1.165) is 0 Å². The van der Waals surface area contributed by atoms with E-state index in [2.05, 4.69) is 11.8 Å². The molecule has 0 aliphatic carbocycles. The Morgan fingerprint density at radius 2 is 2.00 bits per heavy atom. The number of alkyl halides is 3. The first kappa shape index (κ1) is 17.6. The fourth-order valence-corrected chi connectivity index (χ4v) is 2.27. The van der Waals surface area contributed by atoms with E-state index in [4.69, 9.17) is 17.3 Å². The van der Waals surface area contributed by atoms with Crippen molar-refractivity contribution in [3.63, 3.8) is 0 Å². The average molecular weight is 342 g/mol. The third kappa shape index (κ3) is 6.68. The van der Waals surface area contributed by atoms with Gasteiger partial charge in [-0.2, -0.15) is 26.3 Å². The standard InChI is InChI=1S/C11H11ClF3N3O2S/c12-9-4-3-8(2-1-5-16)10(6-9)18-21(19,20)17-7-11(13,14)15/h3-4,6,17-18H,5,7,16H2. The van der Waals surface area contributed by atoms with Crippen LogP contribution in [0, 0.1) is 11.8 Å². The van der Waals surface area contributed by atoms with Crippen LogP contribution >= 0.6 is 11.6 Å². The van der Waals surface area contributed by atoms with Crippen LogP contribution in [0.2, 0.25) is 5.02 Å². The first-order valence-corrected chi connectivity index (χ1v) is 7.32. The molecular formula is C11H11ClF3N3O2S. The van der Waals surface area contributed by atoms with Crippen LogP contribution in [0.25, 0.3) is 0 Å². The van der Waals surface area contributed by atoms with E-state index < -0.39 is 22.9 Å². The van der Waals surface area contributed by atoms with E-state index in [9.17, 15) is 21.6 Å². The van der Waals surface area contributed by atoms with E-state index in [1.807, 2.05) is 4.72 Å². The lowest BCUT2D eigenvalue weighted by Gasteiger charge is -2.12. The summed E-state index contributed by atoms with van der Waals surface area (Å²) in [7, 11) is -4.41. The predicted molar refractivity (Wildman–Crippen MR) is 74.0 cm³/mol. The zero-order valence-electron chi connectivity index (χ0n) is 10.5. The molecule has 0 saturated carbocycles. The van der Waals surface area contributed by atoms with E-state index >= 15 is 0 Å². The van der Waals surface area contributed by atoms with Crippen molar-refractivity contribution in [2.75, 3.05) is 17.8 Å². The van der Waals surface area contributed by atoms with Crippen LogP contribution in [0.3, 0.4) is 0 Å². The van der Waals surface area contributed by atoms with E-state index in [0.29, 0.717) is 0 Å². The summed E-state index contributed by atoms with van der Waals surface area (Å²) in [6, 6.07) is 4.12. The Balaban J connectivity index is 2.98. The molecule has 1 aromatic carbocycles. The molecule has 0 aliphatic rings. The Labute approximate surface area is 124 Å². The molecule has 0 heterocycles. The topological polar surface area (TPSA) is 84.2 Å². The fourth-order valence-electron chi connectivity index (χ4n) is 1.21. The van der Waals surface area contributed by atoms with Crippen molar-refractivity contribution in [1.82, 2.24) is 4.72 Å². The van der Waals surface area contributed by atoms with Gasteiger partial charge in [0.1, 0.15) is 6.54 Å². The van der Waals surface area contributed by atoms with Gasteiger partial charge >= 0.3 is 6.18 Å². The van der Waals surface area contributed by atoms with E-state index in [1.165, 1.54) is 22.9 Å². The Hall–Kier alpha value is -1.47. The first-order valence-electron chi connectivity index (χ1n) is 5.45. The number of rotatable bonds is 4. The SMILES string of the molecule is NCC#Cc1ccc(Cl)cc1NS(=O)(=O)NCC(F)(F)F. The molecule has 0 atom stereocenters. The van der Waals surface area contributed by atoms with Crippen molar-refractivity contribution in [3.05, 3.63) is 28.8 Å². The minimum Gasteiger partial charge on any atom is -0.320 e. The Bertz CT molecular complexity index is 666. The minimum absolute atomic E-state index is 0.0428. The molecule has 1 aromatic rings. The molecule has 1 rings (SSSR count). The maximum Gasteiger partial charge on any atom is 0.402 e. The summed E-state index contributed by atoms with van der Waals surface area (Å²) in [5.41, 5.74) is 5.40. The molecule has 116 valence electrons. The summed E-state index contributed by atoms with van der Waals surface area (Å²) in [5, 5.41) is 0.196. The maximum absolute atomic E-state index is 12.0. The first-order chi connectivity index (χ1) is 9.63. The third-order valence-electron chi connectivity index (χ3n) is 2.01. The highest BCUT2D eigenvalue weighted by molar-refractivity contribution is 7.90. The molecule has 4 N–H and O–H groups in total. The number of halogens is 4. The number of benzene rings is 1. The molecule has 0 aliphatic heterocycles. The molecule has 0 bridgehead atoms. The van der Waals surface area contributed by atoms with Gasteiger partial charge in [0.2, 0.25) is 0 Å². The Morgan fingerprint density at radius 3 is 2.57 bits per heavy atom. The molecule has 0 radical (unpaired) electrons. The van der Waals surface area contributed by atoms with Gasteiger partial charge in [0.25, 0.3) is 10.2 Å². The van der Waals surface area contributed by atoms with Crippen LogP contribution in [0.1, 0.15) is 5.56 Å². The Kier molecular flexibility index (Phi) is 5.86. The molecule has 0 saturated heterocycles. The van der Waals surface area contributed by atoms with Gasteiger partial charge in [0.15, 0.2) is 0 Å². The molecule has 21 heavy (non-hydrogen) atoms. The van der Waals surface area contributed by atoms with Crippen molar-refractivity contribution in [3.8, 4) is 11.8 Å². The fraction of sp³-hybridized carbons (Fsp3) is 0.273. The van der Waals surface area contributed by atoms with Gasteiger partial charge in [-0.15, -0.1) is 0 Å². The van der Waals surface area contributed by atoms with Crippen LogP contribution in [0.15, 0.2) is 18.2 Å². The summed E-state index contributed by atoms with van der Waals surface area (Å²) < 4.78 is 62.5. The summed E-state index contributed by atoms with van der Waals surface area (Å²) >= 11 is 5.72. The number of hydrogen-bond acceptors (Lipinski definition) is 3. The minimum atomic E-state index is -4.66.